The quantitative estimate of drug-likeness (QED) is 0.705. The van der Waals surface area contributed by atoms with E-state index in [2.05, 4.69) is 69.3 Å². The lowest BCUT2D eigenvalue weighted by Gasteiger charge is -2.43. The van der Waals surface area contributed by atoms with Crippen LogP contribution in [0.5, 0.6) is 0 Å². The second-order valence-corrected chi connectivity index (χ2v) is 13.5. The zero-order valence-electron chi connectivity index (χ0n) is 18.2. The van der Waals surface area contributed by atoms with Gasteiger partial charge in [-0.05, 0) is 35.7 Å². The van der Waals surface area contributed by atoms with Gasteiger partial charge in [0.2, 0.25) is 0 Å². The molecule has 29 heavy (non-hydrogen) atoms. The molecule has 5 heteroatoms. The van der Waals surface area contributed by atoms with Crippen molar-refractivity contribution in [3.8, 4) is 0 Å². The second-order valence-electron chi connectivity index (χ2n) is 9.20. The first kappa shape index (κ1) is 22.2. The summed E-state index contributed by atoms with van der Waals surface area (Å²) in [6, 6.07) is 21.2. The standard InChI is InChI=1S/C24H34O4Si/c1-23(2,3)29(19-12-8-6-9-13-19,20-14-10-7-11-15-20)26-18-22-21(16-17-25)27-24(4,5)28-22/h6-15,21-22,25H,16-18H2,1-5H3/t21-,22+/m1/s1. The summed E-state index contributed by atoms with van der Waals surface area (Å²) in [5.74, 6) is -0.667. The van der Waals surface area contributed by atoms with Crippen molar-refractivity contribution in [2.24, 2.45) is 0 Å². The molecule has 1 aliphatic rings. The Kier molecular flexibility index (Phi) is 6.66. The van der Waals surface area contributed by atoms with Crippen LogP contribution in [0.25, 0.3) is 0 Å². The van der Waals surface area contributed by atoms with Gasteiger partial charge in [0, 0.05) is 6.61 Å². The Balaban J connectivity index is 2.00. The molecule has 4 nitrogen and oxygen atoms in total. The maximum atomic E-state index is 9.46. The van der Waals surface area contributed by atoms with Gasteiger partial charge in [-0.1, -0.05) is 81.4 Å². The normalized spacial score (nSPS) is 22.0. The monoisotopic (exact) mass is 414 g/mol. The highest BCUT2D eigenvalue weighted by Gasteiger charge is 2.51. The fourth-order valence-electron chi connectivity index (χ4n) is 4.39. The first-order valence-corrected chi connectivity index (χ1v) is 12.3. The molecule has 3 rings (SSSR count). The van der Waals surface area contributed by atoms with Crippen molar-refractivity contribution in [2.75, 3.05) is 13.2 Å². The summed E-state index contributed by atoms with van der Waals surface area (Å²) in [5.41, 5.74) is 0. The van der Waals surface area contributed by atoms with Crippen molar-refractivity contribution < 1.29 is 19.0 Å². The molecule has 0 unspecified atom stereocenters. The Morgan fingerprint density at radius 2 is 1.38 bits per heavy atom. The van der Waals surface area contributed by atoms with Gasteiger partial charge >= 0.3 is 0 Å². The molecule has 0 aromatic heterocycles. The van der Waals surface area contributed by atoms with E-state index in [4.69, 9.17) is 13.9 Å². The van der Waals surface area contributed by atoms with E-state index in [-0.39, 0.29) is 23.9 Å². The summed E-state index contributed by atoms with van der Waals surface area (Å²) in [6.07, 6.45) is 0.157. The summed E-state index contributed by atoms with van der Waals surface area (Å²) in [4.78, 5) is 0. The highest BCUT2D eigenvalue weighted by Crippen LogP contribution is 2.38. The van der Waals surface area contributed by atoms with Crippen LogP contribution < -0.4 is 10.4 Å². The van der Waals surface area contributed by atoms with Crippen molar-refractivity contribution in [2.45, 2.75) is 64.1 Å². The van der Waals surface area contributed by atoms with Crippen LogP contribution in [0.2, 0.25) is 5.04 Å². The van der Waals surface area contributed by atoms with E-state index in [0.717, 1.165) is 0 Å². The largest absolute Gasteiger partial charge is 0.405 e. The molecular weight excluding hydrogens is 380 g/mol. The maximum Gasteiger partial charge on any atom is 0.261 e. The molecule has 0 saturated carbocycles. The predicted octanol–water partition coefficient (Wildman–Crippen LogP) is 3.47. The molecule has 1 aliphatic heterocycles. The molecular formula is C24H34O4Si. The third kappa shape index (κ3) is 4.65. The molecule has 1 heterocycles. The number of hydrogen-bond donors (Lipinski definition) is 1. The SMILES string of the molecule is CC1(C)O[C@@H](CO[Si](c2ccccc2)(c2ccccc2)C(C)(C)C)[C@@H](CCO)O1. The molecule has 1 saturated heterocycles. The van der Waals surface area contributed by atoms with Crippen LogP contribution in [0.3, 0.4) is 0 Å². The molecule has 0 bridgehead atoms. The van der Waals surface area contributed by atoms with Crippen LogP contribution in [0, 0.1) is 0 Å². The highest BCUT2D eigenvalue weighted by atomic mass is 28.4. The molecule has 0 aliphatic carbocycles. The fourth-order valence-corrected chi connectivity index (χ4v) is 8.96. The second kappa shape index (κ2) is 8.70. The third-order valence-electron chi connectivity index (χ3n) is 5.58. The number of ether oxygens (including phenoxy) is 2. The number of rotatable bonds is 7. The topological polar surface area (TPSA) is 47.9 Å². The smallest absolute Gasteiger partial charge is 0.261 e. The van der Waals surface area contributed by atoms with E-state index in [0.29, 0.717) is 13.0 Å². The van der Waals surface area contributed by atoms with Crippen LogP contribution in [0.15, 0.2) is 60.7 Å². The Labute approximate surface area is 176 Å². The van der Waals surface area contributed by atoms with Crippen LogP contribution in [0.4, 0.5) is 0 Å². The molecule has 0 radical (unpaired) electrons. The fraction of sp³-hybridized carbons (Fsp3) is 0.500. The van der Waals surface area contributed by atoms with Crippen LogP contribution in [0.1, 0.15) is 41.0 Å². The van der Waals surface area contributed by atoms with E-state index >= 15 is 0 Å². The molecule has 1 fully saturated rings. The summed E-state index contributed by atoms with van der Waals surface area (Å²) in [6.45, 7) is 11.1. The van der Waals surface area contributed by atoms with Gasteiger partial charge in [-0.25, -0.2) is 0 Å². The Morgan fingerprint density at radius 3 is 1.83 bits per heavy atom. The lowest BCUT2D eigenvalue weighted by molar-refractivity contribution is -0.149. The summed E-state index contributed by atoms with van der Waals surface area (Å²) in [5, 5.41) is 11.9. The minimum Gasteiger partial charge on any atom is -0.405 e. The number of aliphatic hydroxyl groups is 1. The summed E-state index contributed by atoms with van der Waals surface area (Å²) < 4.78 is 19.1. The highest BCUT2D eigenvalue weighted by molar-refractivity contribution is 6.99. The molecule has 2 aromatic rings. The third-order valence-corrected chi connectivity index (χ3v) is 10.6. The Bertz CT molecular complexity index is 731. The molecule has 0 amide bonds. The average Bonchev–Trinajstić information content (AvgIpc) is 2.97. The number of benzene rings is 2. The van der Waals surface area contributed by atoms with E-state index < -0.39 is 14.1 Å². The van der Waals surface area contributed by atoms with Crippen LogP contribution in [-0.2, 0) is 13.9 Å². The van der Waals surface area contributed by atoms with Gasteiger partial charge in [-0.3, -0.25) is 0 Å². The van der Waals surface area contributed by atoms with Crippen molar-refractivity contribution in [3.63, 3.8) is 0 Å². The van der Waals surface area contributed by atoms with Crippen LogP contribution >= 0.6 is 0 Å². The minimum atomic E-state index is -2.61. The van der Waals surface area contributed by atoms with E-state index in [1.165, 1.54) is 10.4 Å². The van der Waals surface area contributed by atoms with Crippen molar-refractivity contribution in [3.05, 3.63) is 60.7 Å². The van der Waals surface area contributed by atoms with Gasteiger partial charge in [0.1, 0.15) is 6.10 Å². The van der Waals surface area contributed by atoms with Crippen molar-refractivity contribution in [1.29, 1.82) is 0 Å². The molecule has 1 N–H and O–H groups in total. The van der Waals surface area contributed by atoms with E-state index in [1.54, 1.807) is 0 Å². The maximum absolute atomic E-state index is 9.46. The summed E-state index contributed by atoms with van der Waals surface area (Å²) >= 11 is 0. The average molecular weight is 415 g/mol. The lowest BCUT2D eigenvalue weighted by Crippen LogP contribution is -2.67. The van der Waals surface area contributed by atoms with Gasteiger partial charge in [0.05, 0.1) is 12.7 Å². The molecule has 158 valence electrons. The number of aliphatic hydroxyl groups excluding tert-OH is 1. The Morgan fingerprint density at radius 1 is 0.897 bits per heavy atom. The van der Waals surface area contributed by atoms with E-state index in [9.17, 15) is 5.11 Å². The Hall–Kier alpha value is -1.50. The zero-order valence-corrected chi connectivity index (χ0v) is 19.2. The number of hydrogen-bond acceptors (Lipinski definition) is 4. The first-order chi connectivity index (χ1) is 13.7. The molecule has 2 aromatic carbocycles. The van der Waals surface area contributed by atoms with Gasteiger partial charge < -0.3 is 19.0 Å². The molecule has 2 atom stereocenters. The zero-order chi connectivity index (χ0) is 21.1. The van der Waals surface area contributed by atoms with Gasteiger partial charge in [0.25, 0.3) is 8.32 Å². The van der Waals surface area contributed by atoms with Crippen molar-refractivity contribution in [1.82, 2.24) is 0 Å². The van der Waals surface area contributed by atoms with Gasteiger partial charge in [-0.15, -0.1) is 0 Å². The van der Waals surface area contributed by atoms with E-state index in [1.807, 2.05) is 26.0 Å². The molecule has 0 spiro atoms. The lowest BCUT2D eigenvalue weighted by atomic mass is 10.1. The van der Waals surface area contributed by atoms with Gasteiger partial charge in [-0.2, -0.15) is 0 Å². The summed E-state index contributed by atoms with van der Waals surface area (Å²) in [7, 11) is -2.61. The first-order valence-electron chi connectivity index (χ1n) is 10.4. The predicted molar refractivity (Wildman–Crippen MR) is 119 cm³/mol. The minimum absolute atomic E-state index is 0.0693. The van der Waals surface area contributed by atoms with Gasteiger partial charge in [0.15, 0.2) is 5.79 Å². The van der Waals surface area contributed by atoms with Crippen LogP contribution in [-0.4, -0.2) is 44.6 Å². The van der Waals surface area contributed by atoms with Crippen molar-refractivity contribution >= 4 is 18.7 Å².